The summed E-state index contributed by atoms with van der Waals surface area (Å²) in [6, 6.07) is 2.40. The molecule has 21 heavy (non-hydrogen) atoms. The van der Waals surface area contributed by atoms with E-state index in [2.05, 4.69) is 29.0 Å². The summed E-state index contributed by atoms with van der Waals surface area (Å²) in [5, 5.41) is 13.0. The molecule has 9 heteroatoms. The first-order valence-electron chi connectivity index (χ1n) is 6.00. The van der Waals surface area contributed by atoms with Crippen molar-refractivity contribution in [3.8, 4) is 6.19 Å². The Kier molecular flexibility index (Phi) is 6.41. The summed E-state index contributed by atoms with van der Waals surface area (Å²) < 4.78 is 34.6. The number of halogens is 3. The van der Waals surface area contributed by atoms with Crippen LogP contribution in [0.25, 0.3) is 0 Å². The second-order valence-corrected chi connectivity index (χ2v) is 7.32. The lowest BCUT2D eigenvalue weighted by Crippen LogP contribution is -2.20. The van der Waals surface area contributed by atoms with Gasteiger partial charge in [0.05, 0.1) is 9.92 Å². The molecule has 0 bridgehead atoms. The SMILES string of the molecule is C[C@H]1CCCN1C#N.NS(=O)(=O)c1cc(Cl)c(F)cc1Br. The van der Waals surface area contributed by atoms with Gasteiger partial charge in [0.15, 0.2) is 6.19 Å². The monoisotopic (exact) mass is 397 g/mol. The summed E-state index contributed by atoms with van der Waals surface area (Å²) in [6.45, 7) is 3.06. The van der Waals surface area contributed by atoms with Crippen LogP contribution in [0.1, 0.15) is 19.8 Å². The summed E-state index contributed by atoms with van der Waals surface area (Å²) in [5.41, 5.74) is 0. The third kappa shape index (κ3) is 5.11. The van der Waals surface area contributed by atoms with E-state index in [4.69, 9.17) is 22.0 Å². The largest absolute Gasteiger partial charge is 0.308 e. The lowest BCUT2D eigenvalue weighted by Gasteiger charge is -2.10. The molecule has 1 fully saturated rings. The number of rotatable bonds is 1. The number of sulfonamides is 1. The minimum absolute atomic E-state index is 0.0527. The zero-order chi connectivity index (χ0) is 16.2. The number of hydrogen-bond donors (Lipinski definition) is 1. The van der Waals surface area contributed by atoms with Crippen LogP contribution < -0.4 is 5.14 Å². The molecule has 0 radical (unpaired) electrons. The van der Waals surface area contributed by atoms with E-state index in [1.54, 1.807) is 0 Å². The fourth-order valence-electron chi connectivity index (χ4n) is 1.80. The van der Waals surface area contributed by atoms with Crippen molar-refractivity contribution in [2.45, 2.75) is 30.7 Å². The average molecular weight is 399 g/mol. The van der Waals surface area contributed by atoms with Crippen molar-refractivity contribution < 1.29 is 12.8 Å². The summed E-state index contributed by atoms with van der Waals surface area (Å²) in [6.07, 6.45) is 4.52. The number of likely N-dealkylation sites (tertiary alicyclic amines) is 1. The number of nitriles is 1. The maximum Gasteiger partial charge on any atom is 0.239 e. The number of primary sulfonamides is 1. The van der Waals surface area contributed by atoms with E-state index in [0.717, 1.165) is 18.7 Å². The third-order valence-corrected chi connectivity index (χ3v) is 5.12. The molecule has 1 aliphatic rings. The van der Waals surface area contributed by atoms with E-state index in [0.29, 0.717) is 6.04 Å². The Morgan fingerprint density at radius 1 is 1.57 bits per heavy atom. The van der Waals surface area contributed by atoms with Gasteiger partial charge >= 0.3 is 0 Å². The van der Waals surface area contributed by atoms with Crippen LogP contribution in [0.4, 0.5) is 4.39 Å². The van der Waals surface area contributed by atoms with Crippen molar-refractivity contribution in [3.05, 3.63) is 27.4 Å². The Hall–Kier alpha value is -0.880. The van der Waals surface area contributed by atoms with Gasteiger partial charge in [-0.15, -0.1) is 0 Å². The van der Waals surface area contributed by atoms with Crippen molar-refractivity contribution in [2.75, 3.05) is 6.54 Å². The van der Waals surface area contributed by atoms with E-state index in [-0.39, 0.29) is 14.4 Å². The van der Waals surface area contributed by atoms with Gasteiger partial charge in [0.1, 0.15) is 5.82 Å². The topological polar surface area (TPSA) is 87.2 Å². The van der Waals surface area contributed by atoms with Crippen molar-refractivity contribution in [1.82, 2.24) is 4.90 Å². The lowest BCUT2D eigenvalue weighted by atomic mass is 10.2. The molecule has 5 nitrogen and oxygen atoms in total. The van der Waals surface area contributed by atoms with E-state index in [9.17, 15) is 12.8 Å². The van der Waals surface area contributed by atoms with Crippen LogP contribution in [-0.2, 0) is 10.0 Å². The molecule has 1 atom stereocenters. The Bertz CT molecular complexity index is 663. The van der Waals surface area contributed by atoms with E-state index >= 15 is 0 Å². The molecule has 0 saturated carbocycles. The Balaban J connectivity index is 0.000000235. The van der Waals surface area contributed by atoms with Crippen molar-refractivity contribution >= 4 is 37.6 Å². The molecule has 116 valence electrons. The normalized spacial score (nSPS) is 17.9. The van der Waals surface area contributed by atoms with Gasteiger partial charge in [-0.1, -0.05) is 11.6 Å². The third-order valence-electron chi connectivity index (χ3n) is 2.96. The van der Waals surface area contributed by atoms with E-state index < -0.39 is 15.8 Å². The maximum atomic E-state index is 12.8. The number of nitrogens with two attached hydrogens (primary N) is 1. The Morgan fingerprint density at radius 3 is 2.57 bits per heavy atom. The van der Waals surface area contributed by atoms with Crippen molar-refractivity contribution in [3.63, 3.8) is 0 Å². The van der Waals surface area contributed by atoms with Gasteiger partial charge in [0, 0.05) is 17.1 Å². The first kappa shape index (κ1) is 18.2. The molecule has 0 aliphatic carbocycles. The second kappa shape index (κ2) is 7.40. The predicted molar refractivity (Wildman–Crippen MR) is 81.5 cm³/mol. The van der Waals surface area contributed by atoms with Crippen molar-refractivity contribution in [2.24, 2.45) is 5.14 Å². The molecular weight excluding hydrogens is 385 g/mol. The highest BCUT2D eigenvalue weighted by Crippen LogP contribution is 2.26. The summed E-state index contributed by atoms with van der Waals surface area (Å²) >= 11 is 8.24. The molecule has 0 amide bonds. The lowest BCUT2D eigenvalue weighted by molar-refractivity contribution is 0.388. The summed E-state index contributed by atoms with van der Waals surface area (Å²) in [5.74, 6) is -0.707. The molecule has 1 heterocycles. The van der Waals surface area contributed by atoms with Gasteiger partial charge in [-0.3, -0.25) is 0 Å². The Labute approximate surface area is 136 Å². The highest BCUT2D eigenvalue weighted by atomic mass is 79.9. The Morgan fingerprint density at radius 2 is 2.19 bits per heavy atom. The number of benzene rings is 1. The smallest absolute Gasteiger partial charge is 0.239 e. The molecule has 1 aliphatic heterocycles. The molecule has 0 spiro atoms. The van der Waals surface area contributed by atoms with Gasteiger partial charge in [0.25, 0.3) is 0 Å². The molecular formula is C12H14BrClFN3O2S. The van der Waals surface area contributed by atoms with Gasteiger partial charge < -0.3 is 4.90 Å². The van der Waals surface area contributed by atoms with Gasteiger partial charge in [-0.2, -0.15) is 5.26 Å². The van der Waals surface area contributed by atoms with Gasteiger partial charge in [-0.25, -0.2) is 17.9 Å². The minimum atomic E-state index is -3.87. The van der Waals surface area contributed by atoms with Gasteiger partial charge in [-0.05, 0) is 47.8 Å². The predicted octanol–water partition coefficient (Wildman–Crippen LogP) is 2.84. The second-order valence-electron chi connectivity index (χ2n) is 4.53. The van der Waals surface area contributed by atoms with Crippen LogP contribution in [0.3, 0.4) is 0 Å². The number of hydrogen-bond acceptors (Lipinski definition) is 4. The summed E-state index contributed by atoms with van der Waals surface area (Å²) in [7, 11) is -3.87. The highest BCUT2D eigenvalue weighted by Gasteiger charge is 2.17. The highest BCUT2D eigenvalue weighted by molar-refractivity contribution is 9.10. The summed E-state index contributed by atoms with van der Waals surface area (Å²) in [4.78, 5) is 1.60. The number of nitrogens with zero attached hydrogens (tertiary/aromatic N) is 2. The molecule has 2 rings (SSSR count). The maximum absolute atomic E-state index is 12.8. The molecule has 0 aromatic heterocycles. The van der Waals surface area contributed by atoms with Crippen LogP contribution in [0.5, 0.6) is 0 Å². The van der Waals surface area contributed by atoms with Crippen LogP contribution in [0.15, 0.2) is 21.5 Å². The van der Waals surface area contributed by atoms with E-state index in [1.165, 1.54) is 12.8 Å². The van der Waals surface area contributed by atoms with Crippen LogP contribution in [0, 0.1) is 17.3 Å². The fraction of sp³-hybridized carbons (Fsp3) is 0.417. The van der Waals surface area contributed by atoms with Crippen LogP contribution >= 0.6 is 27.5 Å². The quantitative estimate of drug-likeness (QED) is 0.582. The molecule has 1 aromatic carbocycles. The standard InChI is InChI=1S/C6H4BrClFNO2S.C6H10N2/c7-3-1-5(9)4(8)2-6(3)13(10,11)12;1-6-3-2-4-8(6)5-7/h1-2H,(H2,10,11,12);6H,2-4H2,1H3/t;6-/m.0/s1. The van der Waals surface area contributed by atoms with E-state index in [1.807, 2.05) is 4.90 Å². The molecule has 1 saturated heterocycles. The van der Waals surface area contributed by atoms with Gasteiger partial charge in [0.2, 0.25) is 10.0 Å². The van der Waals surface area contributed by atoms with Crippen LogP contribution in [-0.4, -0.2) is 25.9 Å². The minimum Gasteiger partial charge on any atom is -0.308 e. The fourth-order valence-corrected chi connectivity index (χ4v) is 3.64. The first-order chi connectivity index (χ1) is 9.66. The zero-order valence-corrected chi connectivity index (χ0v) is 14.3. The average Bonchev–Trinajstić information content (AvgIpc) is 2.78. The zero-order valence-electron chi connectivity index (χ0n) is 11.2. The molecule has 0 unspecified atom stereocenters. The first-order valence-corrected chi connectivity index (χ1v) is 8.72. The molecule has 1 aromatic rings. The molecule has 2 N–H and O–H groups in total. The van der Waals surface area contributed by atoms with Crippen LogP contribution in [0.2, 0.25) is 5.02 Å². The van der Waals surface area contributed by atoms with Crippen molar-refractivity contribution in [1.29, 1.82) is 5.26 Å².